The molecule has 0 heterocycles. The zero-order valence-corrected chi connectivity index (χ0v) is 24.6. The van der Waals surface area contributed by atoms with Crippen LogP contribution in [0.15, 0.2) is 46.6 Å². The summed E-state index contributed by atoms with van der Waals surface area (Å²) < 4.78 is 0. The molecule has 0 amide bonds. The van der Waals surface area contributed by atoms with Gasteiger partial charge in [0, 0.05) is 104 Å². The second kappa shape index (κ2) is 18.8. The van der Waals surface area contributed by atoms with Gasteiger partial charge in [-0.1, -0.05) is 7.43 Å². The molecule has 0 unspecified atom stereocenters. The zero-order chi connectivity index (χ0) is 23.4. The Hall–Kier alpha value is -0.598. The third-order valence-electron chi connectivity index (χ3n) is 4.77. The van der Waals surface area contributed by atoms with Crippen LogP contribution in [0.4, 0.5) is 0 Å². The van der Waals surface area contributed by atoms with Gasteiger partial charge >= 0.3 is 0 Å². The van der Waals surface area contributed by atoms with Crippen molar-refractivity contribution in [2.75, 3.05) is 11.5 Å². The van der Waals surface area contributed by atoms with E-state index in [1.807, 2.05) is 37.1 Å². The van der Waals surface area contributed by atoms with Crippen molar-refractivity contribution in [2.45, 2.75) is 62.8 Å². The van der Waals surface area contributed by atoms with E-state index in [-0.39, 0.29) is 27.8 Å². The van der Waals surface area contributed by atoms with Crippen LogP contribution in [0.2, 0.25) is 0 Å². The molecule has 1 radical (unpaired) electrons. The number of hydrogen-bond acceptors (Lipinski definition) is 2. The topological polar surface area (TPSA) is 44.6 Å². The molecule has 32 heavy (non-hydrogen) atoms. The van der Waals surface area contributed by atoms with Crippen molar-refractivity contribution in [2.24, 2.45) is 23.7 Å². The average molecular weight is 645 g/mol. The molecule has 2 nitrogen and oxygen atoms in total. The molecule has 2 aliphatic carbocycles. The van der Waals surface area contributed by atoms with Gasteiger partial charge in [0.15, 0.2) is 0 Å². The molecule has 0 aromatic rings. The molecule has 0 saturated carbocycles. The Morgan fingerprint density at radius 1 is 0.594 bits per heavy atom. The third-order valence-corrected chi connectivity index (χ3v) is 5.43. The molecule has 0 spiro atoms. The fourth-order valence-corrected chi connectivity index (χ4v) is 3.02. The Balaban J connectivity index is -0.000000428. The minimum absolute atomic E-state index is 0. The van der Waals surface area contributed by atoms with Gasteiger partial charge in [0.25, 0.3) is 0 Å². The monoisotopic (exact) mass is 645 g/mol. The fourth-order valence-electron chi connectivity index (χ4n) is 3.02. The summed E-state index contributed by atoms with van der Waals surface area (Å²) in [7, 11) is 0. The van der Waals surface area contributed by atoms with E-state index in [0.29, 0.717) is 35.1 Å². The van der Waals surface area contributed by atoms with Crippen LogP contribution in [-0.2, 0) is 45.7 Å². The summed E-state index contributed by atoms with van der Waals surface area (Å²) in [6.07, 6.45) is 12.0. The van der Waals surface area contributed by atoms with E-state index in [1.54, 1.807) is 0 Å². The van der Waals surface area contributed by atoms with Crippen LogP contribution in [0.3, 0.4) is 0 Å². The molecular formula is C27H42N2ReS2-2. The predicted molar refractivity (Wildman–Crippen MR) is 148 cm³/mol. The van der Waals surface area contributed by atoms with E-state index < -0.39 is 0 Å². The van der Waals surface area contributed by atoms with E-state index in [4.69, 9.17) is 0 Å². The third kappa shape index (κ3) is 12.0. The van der Waals surface area contributed by atoms with Crippen LogP contribution in [0.5, 0.6) is 0 Å². The fraction of sp³-hybridized carbons (Fsp3) is 0.556. The largest absolute Gasteiger partial charge is 0.794 e. The molecule has 2 aliphatic rings. The second-order valence-corrected chi connectivity index (χ2v) is 9.41. The number of nitrogens with zero attached hydrogens (tertiary/aromatic N) is 2. The van der Waals surface area contributed by atoms with Crippen LogP contribution in [-0.4, -0.2) is 22.9 Å². The van der Waals surface area contributed by atoms with Crippen LogP contribution in [0.1, 0.15) is 62.8 Å². The Morgan fingerprint density at radius 3 is 0.906 bits per heavy atom. The van der Waals surface area contributed by atoms with Gasteiger partial charge < -0.3 is 36.1 Å². The van der Waals surface area contributed by atoms with Gasteiger partial charge in [0.2, 0.25) is 0 Å². The standard InChI is InChI=1S/2C12H17N.C2H6S2.CH4.Re/c2*1-8(2)10-6-5-7-11(9(3)4)12(10)13;3-1-2-4;;/h2*5-9H,1-4H3;3-4H,1-2H2;1H4;/p-2. The Bertz CT molecular complexity index is 584. The molecule has 2 rings (SSSR count). The molecular weight excluding hydrogens is 603 g/mol. The van der Waals surface area contributed by atoms with Crippen LogP contribution < -0.4 is 0 Å². The maximum Gasteiger partial charge on any atom is 0.0498 e. The van der Waals surface area contributed by atoms with E-state index >= 15 is 0 Å². The quantitative estimate of drug-likeness (QED) is 0.230. The first-order valence-corrected chi connectivity index (χ1v) is 11.9. The van der Waals surface area contributed by atoms with Crippen molar-refractivity contribution >= 4 is 36.7 Å². The first-order chi connectivity index (χ1) is 14.0. The van der Waals surface area contributed by atoms with Crippen LogP contribution >= 0.6 is 0 Å². The van der Waals surface area contributed by atoms with Crippen LogP contribution in [0, 0.1) is 36.5 Å². The Labute approximate surface area is 224 Å². The van der Waals surface area contributed by atoms with Gasteiger partial charge in [0.1, 0.15) is 0 Å². The van der Waals surface area contributed by atoms with Gasteiger partial charge in [-0.3, -0.25) is 0 Å². The summed E-state index contributed by atoms with van der Waals surface area (Å²) in [5.74, 6) is 2.99. The minimum atomic E-state index is 0. The average Bonchev–Trinajstić information content (AvgIpc) is 2.68. The number of hydrogen-bond donors (Lipinski definition) is 0. The molecule has 0 aliphatic heterocycles. The summed E-state index contributed by atoms with van der Waals surface area (Å²) in [5.41, 5.74) is 5.15. The normalized spacial score (nSPS) is 14.9. The van der Waals surface area contributed by atoms with E-state index in [1.165, 1.54) is 0 Å². The van der Waals surface area contributed by atoms with Crippen molar-refractivity contribution in [3.63, 3.8) is 0 Å². The van der Waals surface area contributed by atoms with E-state index in [2.05, 4.69) is 80.6 Å². The summed E-state index contributed by atoms with van der Waals surface area (Å²) in [5, 5.41) is 19.9. The molecule has 0 bridgehead atoms. The maximum atomic E-state index is 9.93. The summed E-state index contributed by atoms with van der Waals surface area (Å²) in [4.78, 5) is 0. The van der Waals surface area contributed by atoms with E-state index in [0.717, 1.165) is 33.8 Å². The van der Waals surface area contributed by atoms with Crippen molar-refractivity contribution in [1.82, 2.24) is 0 Å². The SMILES string of the molecule is C.CC(C)C1=C[CH+]C=C(C(C)C)C1=[N-].CC(C)C1=C[CH+]C=C(C(C)C)C1=[N-].[Re].[S-]CC[S-]. The molecule has 0 atom stereocenters. The molecule has 181 valence electrons. The zero-order valence-electron chi connectivity index (χ0n) is 20.3. The first kappa shape index (κ1) is 36.0. The molecule has 0 N–H and O–H groups in total. The minimum Gasteiger partial charge on any atom is -0.794 e. The molecule has 0 aromatic heterocycles. The number of rotatable bonds is 5. The molecule has 0 saturated heterocycles. The number of allylic oxidation sites excluding steroid dienone is 8. The maximum absolute atomic E-state index is 9.93. The smallest absolute Gasteiger partial charge is 0.0498 e. The van der Waals surface area contributed by atoms with Gasteiger partial charge in [0.05, 0.1) is 0 Å². The van der Waals surface area contributed by atoms with Gasteiger partial charge in [-0.2, -0.15) is 11.5 Å². The van der Waals surface area contributed by atoms with Crippen molar-refractivity contribution in [3.05, 3.63) is 70.3 Å². The first-order valence-electron chi connectivity index (χ1n) is 10.8. The Kier molecular flexibility index (Phi) is 21.1. The molecule has 5 heteroatoms. The Morgan fingerprint density at radius 2 is 0.781 bits per heavy atom. The summed E-state index contributed by atoms with van der Waals surface area (Å²) >= 11 is 8.90. The molecule has 0 aromatic carbocycles. The van der Waals surface area contributed by atoms with Gasteiger partial charge in [-0.15, -0.1) is 0 Å². The predicted octanol–water partition coefficient (Wildman–Crippen LogP) is 7.47. The van der Waals surface area contributed by atoms with Gasteiger partial charge in [-0.05, 0) is 66.8 Å². The van der Waals surface area contributed by atoms with Crippen molar-refractivity contribution in [3.8, 4) is 0 Å². The summed E-state index contributed by atoms with van der Waals surface area (Å²) in [6, 6.07) is 0. The summed E-state index contributed by atoms with van der Waals surface area (Å²) in [6.45, 7) is 16.8. The second-order valence-electron chi connectivity index (χ2n) is 8.60. The van der Waals surface area contributed by atoms with E-state index in [9.17, 15) is 10.8 Å². The van der Waals surface area contributed by atoms with Crippen LogP contribution in [0.25, 0.3) is 10.8 Å². The van der Waals surface area contributed by atoms with Gasteiger partial charge in [-0.25, -0.2) is 0 Å². The van der Waals surface area contributed by atoms with Crippen molar-refractivity contribution < 1.29 is 20.4 Å². The van der Waals surface area contributed by atoms with Crippen molar-refractivity contribution in [1.29, 1.82) is 0 Å². The molecule has 0 fully saturated rings.